The number of ether oxygens (including phenoxy) is 1. The van der Waals surface area contributed by atoms with E-state index in [2.05, 4.69) is 11.9 Å². The zero-order valence-electron chi connectivity index (χ0n) is 14.9. The summed E-state index contributed by atoms with van der Waals surface area (Å²) in [6.45, 7) is 2.17. The lowest BCUT2D eigenvalue weighted by Crippen LogP contribution is -2.50. The second kappa shape index (κ2) is 5.30. The van der Waals surface area contributed by atoms with Gasteiger partial charge in [-0.2, -0.15) is 0 Å². The van der Waals surface area contributed by atoms with Crippen LogP contribution in [0.25, 0.3) is 0 Å². The minimum atomic E-state index is -0.382. The van der Waals surface area contributed by atoms with Crippen molar-refractivity contribution < 1.29 is 19.4 Å². The molecule has 1 saturated heterocycles. The van der Waals surface area contributed by atoms with Gasteiger partial charge in [0.25, 0.3) is 0 Å². The summed E-state index contributed by atoms with van der Waals surface area (Å²) >= 11 is 2.88. The molecular formula is C20H17NO5S2. The van der Waals surface area contributed by atoms with Gasteiger partial charge in [0.15, 0.2) is 0 Å². The molecule has 144 valence electrons. The summed E-state index contributed by atoms with van der Waals surface area (Å²) in [6, 6.07) is 7.11. The number of aromatic hydroxyl groups is 1. The van der Waals surface area contributed by atoms with Crippen molar-refractivity contribution in [2.24, 2.45) is 29.6 Å². The molecule has 7 atom stereocenters. The smallest absolute Gasteiger partial charge is 0.317 e. The number of benzene rings is 1. The number of aromatic nitrogens is 1. The van der Waals surface area contributed by atoms with E-state index in [0.717, 1.165) is 21.9 Å². The van der Waals surface area contributed by atoms with Gasteiger partial charge in [0.2, 0.25) is 0 Å². The van der Waals surface area contributed by atoms with Crippen LogP contribution < -0.4 is 4.87 Å². The van der Waals surface area contributed by atoms with Crippen molar-refractivity contribution in [3.05, 3.63) is 44.4 Å². The first-order valence-electron chi connectivity index (χ1n) is 9.35. The molecule has 3 fully saturated rings. The molecule has 0 radical (unpaired) electrons. The summed E-state index contributed by atoms with van der Waals surface area (Å²) in [4.78, 5) is 40.9. The van der Waals surface area contributed by atoms with Gasteiger partial charge in [0.1, 0.15) is 5.75 Å². The van der Waals surface area contributed by atoms with E-state index in [1.54, 1.807) is 23.9 Å². The predicted octanol–water partition coefficient (Wildman–Crippen LogP) is 2.72. The SMILES string of the molecule is C[C@]12Sc3[nH]c(=O)sc3[C@H](c3ccc(O)cc3)[C@@H]1[C@H]1C[C@H]2[C@H]2C(=O)OC(=O)[C@H]12. The number of aromatic amines is 1. The fourth-order valence-corrected chi connectivity index (χ4v) is 9.23. The standard InChI is InChI=1S/C20H17NO5S2/c1-20-10-6-9(12-13(10)18(24)26-17(12)23)14(20)11(7-2-4-8(22)5-3-7)15-16(28-20)21-19(25)27-15/h2-5,9-14,22H,6H2,1H3,(H,21,25)/t9-,10-,11+,12+,13+,14-,20+/m0/s1. The molecular weight excluding hydrogens is 398 g/mol. The van der Waals surface area contributed by atoms with Gasteiger partial charge in [-0.05, 0) is 48.8 Å². The molecule has 6 rings (SSSR count). The van der Waals surface area contributed by atoms with Crippen LogP contribution in [0, 0.1) is 29.6 Å². The van der Waals surface area contributed by atoms with Crippen molar-refractivity contribution in [1.82, 2.24) is 4.98 Å². The average Bonchev–Trinajstić information content (AvgIpc) is 3.34. The molecule has 2 saturated carbocycles. The Labute approximate surface area is 168 Å². The zero-order valence-corrected chi connectivity index (χ0v) is 16.5. The highest BCUT2D eigenvalue weighted by molar-refractivity contribution is 8.00. The van der Waals surface area contributed by atoms with Crippen LogP contribution in [0.3, 0.4) is 0 Å². The summed E-state index contributed by atoms with van der Waals surface area (Å²) in [6.07, 6.45) is 0.831. The molecule has 2 bridgehead atoms. The van der Waals surface area contributed by atoms with E-state index >= 15 is 0 Å². The number of thiazole rings is 1. The number of phenols is 1. The van der Waals surface area contributed by atoms with Crippen LogP contribution in [-0.2, 0) is 14.3 Å². The topological polar surface area (TPSA) is 96.5 Å². The number of carbonyl (C=O) groups is 2. The second-order valence-corrected chi connectivity index (χ2v) is 10.9. The highest BCUT2D eigenvalue weighted by Crippen LogP contribution is 2.73. The van der Waals surface area contributed by atoms with Gasteiger partial charge < -0.3 is 14.8 Å². The molecule has 1 aromatic heterocycles. The van der Waals surface area contributed by atoms with Crippen molar-refractivity contribution in [2.45, 2.75) is 29.0 Å². The van der Waals surface area contributed by atoms with E-state index in [9.17, 15) is 19.5 Å². The fraction of sp³-hybridized carbons (Fsp3) is 0.450. The third-order valence-electron chi connectivity index (χ3n) is 7.27. The van der Waals surface area contributed by atoms with Crippen LogP contribution in [0.15, 0.2) is 34.1 Å². The number of esters is 2. The first kappa shape index (κ1) is 16.9. The number of H-pyrrole nitrogens is 1. The summed E-state index contributed by atoms with van der Waals surface area (Å²) in [7, 11) is 0. The summed E-state index contributed by atoms with van der Waals surface area (Å²) in [5.74, 6) is -1.14. The van der Waals surface area contributed by atoms with Gasteiger partial charge in [-0.1, -0.05) is 23.5 Å². The monoisotopic (exact) mass is 415 g/mol. The Hall–Kier alpha value is -2.06. The molecule has 2 aliphatic heterocycles. The number of phenolic OH excluding ortho intramolecular Hbond substituents is 1. The largest absolute Gasteiger partial charge is 0.508 e. The molecule has 4 aliphatic rings. The maximum absolute atomic E-state index is 12.4. The molecule has 6 nitrogen and oxygen atoms in total. The number of hydrogen-bond donors (Lipinski definition) is 2. The van der Waals surface area contributed by atoms with Gasteiger partial charge in [0, 0.05) is 15.5 Å². The van der Waals surface area contributed by atoms with Crippen LogP contribution >= 0.6 is 23.1 Å². The Morgan fingerprint density at radius 1 is 1.14 bits per heavy atom. The molecule has 2 aromatic rings. The van der Waals surface area contributed by atoms with E-state index in [1.807, 2.05) is 12.1 Å². The number of carbonyl (C=O) groups excluding carboxylic acids is 2. The second-order valence-electron chi connectivity index (χ2n) is 8.39. The number of cyclic esters (lactones) is 2. The fourth-order valence-electron chi connectivity index (χ4n) is 6.36. The molecule has 0 unspecified atom stereocenters. The third-order valence-corrected chi connectivity index (χ3v) is 9.91. The summed E-state index contributed by atoms with van der Waals surface area (Å²) in [5.41, 5.74) is 1.02. The predicted molar refractivity (Wildman–Crippen MR) is 102 cm³/mol. The molecule has 1 aromatic carbocycles. The number of thioether (sulfide) groups is 1. The maximum atomic E-state index is 12.4. The first-order valence-corrected chi connectivity index (χ1v) is 11.0. The molecule has 3 heterocycles. The minimum Gasteiger partial charge on any atom is -0.508 e. The minimum absolute atomic E-state index is 0.0487. The van der Waals surface area contributed by atoms with Gasteiger partial charge in [-0.25, -0.2) is 0 Å². The molecule has 8 heteroatoms. The summed E-state index contributed by atoms with van der Waals surface area (Å²) in [5, 5.41) is 10.6. The lowest BCUT2D eigenvalue weighted by atomic mass is 9.63. The van der Waals surface area contributed by atoms with E-state index in [-0.39, 0.29) is 62.8 Å². The van der Waals surface area contributed by atoms with E-state index in [1.165, 1.54) is 11.3 Å². The number of rotatable bonds is 1. The van der Waals surface area contributed by atoms with Gasteiger partial charge in [-0.3, -0.25) is 14.4 Å². The Morgan fingerprint density at radius 3 is 2.61 bits per heavy atom. The normalized spacial score (nSPS) is 40.2. The summed E-state index contributed by atoms with van der Waals surface area (Å²) < 4.78 is 4.75. The zero-order chi connectivity index (χ0) is 19.4. The van der Waals surface area contributed by atoms with Gasteiger partial charge in [-0.15, -0.1) is 11.8 Å². The van der Waals surface area contributed by atoms with Crippen LogP contribution in [0.4, 0.5) is 0 Å². The molecule has 0 spiro atoms. The average molecular weight is 415 g/mol. The van der Waals surface area contributed by atoms with Crippen LogP contribution in [-0.4, -0.2) is 26.8 Å². The van der Waals surface area contributed by atoms with Gasteiger partial charge >= 0.3 is 16.8 Å². The molecule has 2 aliphatic carbocycles. The Bertz CT molecular complexity index is 1090. The maximum Gasteiger partial charge on any atom is 0.317 e. The Morgan fingerprint density at radius 2 is 1.86 bits per heavy atom. The Balaban J connectivity index is 1.56. The Kier molecular flexibility index (Phi) is 3.19. The highest BCUT2D eigenvalue weighted by atomic mass is 32.2. The molecule has 28 heavy (non-hydrogen) atoms. The van der Waals surface area contributed by atoms with Crippen LogP contribution in [0.1, 0.15) is 29.7 Å². The lowest BCUT2D eigenvalue weighted by molar-refractivity contribution is -0.154. The van der Waals surface area contributed by atoms with Crippen LogP contribution in [0.2, 0.25) is 0 Å². The lowest BCUT2D eigenvalue weighted by Gasteiger charge is -2.49. The first-order chi connectivity index (χ1) is 13.4. The van der Waals surface area contributed by atoms with Crippen molar-refractivity contribution in [3.63, 3.8) is 0 Å². The highest BCUT2D eigenvalue weighted by Gasteiger charge is 2.73. The number of hydrogen-bond acceptors (Lipinski definition) is 7. The quantitative estimate of drug-likeness (QED) is 0.549. The molecule has 0 amide bonds. The van der Waals surface area contributed by atoms with Crippen molar-refractivity contribution in [2.75, 3.05) is 0 Å². The van der Waals surface area contributed by atoms with Gasteiger partial charge in [0.05, 0.1) is 16.9 Å². The van der Waals surface area contributed by atoms with Crippen molar-refractivity contribution in [3.8, 4) is 5.75 Å². The molecule has 2 N–H and O–H groups in total. The van der Waals surface area contributed by atoms with Crippen LogP contribution in [0.5, 0.6) is 5.75 Å². The third kappa shape index (κ3) is 1.92. The van der Waals surface area contributed by atoms with Crippen molar-refractivity contribution in [1.29, 1.82) is 0 Å². The number of nitrogens with one attached hydrogen (secondary N) is 1. The number of fused-ring (bicyclic) bond motifs is 9. The van der Waals surface area contributed by atoms with E-state index < -0.39 is 0 Å². The van der Waals surface area contributed by atoms with E-state index in [4.69, 9.17) is 4.74 Å². The van der Waals surface area contributed by atoms with Crippen molar-refractivity contribution >= 4 is 35.0 Å². The van der Waals surface area contributed by atoms with E-state index in [0.29, 0.717) is 0 Å².